The molecule has 0 bridgehead atoms. The molecule has 1 unspecified atom stereocenters. The summed E-state index contributed by atoms with van der Waals surface area (Å²) in [6.07, 6.45) is 5.17. The van der Waals surface area contributed by atoms with Gasteiger partial charge in [0.1, 0.15) is 22.9 Å². The number of rotatable bonds is 8. The molecule has 3 rings (SSSR count). The van der Waals surface area contributed by atoms with Crippen LogP contribution in [-0.2, 0) is 11.2 Å². The van der Waals surface area contributed by atoms with E-state index in [4.69, 9.17) is 23.7 Å². The van der Waals surface area contributed by atoms with Crippen LogP contribution in [0.4, 0.5) is 15.8 Å². The maximum atomic E-state index is 14.7. The number of benzene rings is 2. The normalized spacial score (nSPS) is 11.9. The number of halogens is 1. The number of primary amides is 1. The second-order valence-corrected chi connectivity index (χ2v) is 8.04. The molecular formula is C25H23FN6OS. The highest BCUT2D eigenvalue weighted by molar-refractivity contribution is 7.81. The van der Waals surface area contributed by atoms with Gasteiger partial charge in [-0.1, -0.05) is 36.5 Å². The standard InChI is InChI=1S/C25H23FN6OS/c1-15(28)10-24(34)32-21-13-22(20(26)12-19(21)14-27)31-23(25(29)33)11-16-2-4-17(5-3-16)18-6-8-30-9-7-18/h2-10,12-13,23,31H,11,28H2,1H3,(H2,29,33)(H,32,34). The van der Waals surface area contributed by atoms with Gasteiger partial charge in [-0.25, -0.2) is 4.39 Å². The molecular weight excluding hydrogens is 451 g/mol. The molecule has 1 heterocycles. The molecule has 0 fully saturated rings. The highest BCUT2D eigenvalue weighted by Crippen LogP contribution is 2.26. The molecule has 0 aliphatic carbocycles. The van der Waals surface area contributed by atoms with Gasteiger partial charge in [-0.15, -0.1) is 0 Å². The van der Waals surface area contributed by atoms with E-state index < -0.39 is 17.8 Å². The largest absolute Gasteiger partial charge is 0.402 e. The maximum absolute atomic E-state index is 14.7. The quantitative estimate of drug-likeness (QED) is 0.288. The zero-order valence-corrected chi connectivity index (χ0v) is 19.2. The Hall–Kier alpha value is -4.29. The van der Waals surface area contributed by atoms with Gasteiger partial charge in [0.05, 0.1) is 16.9 Å². The van der Waals surface area contributed by atoms with E-state index in [0.29, 0.717) is 5.70 Å². The van der Waals surface area contributed by atoms with Crippen LogP contribution in [0.15, 0.2) is 72.7 Å². The molecule has 0 aliphatic heterocycles. The Morgan fingerprint density at radius 3 is 2.38 bits per heavy atom. The molecule has 2 aromatic carbocycles. The average Bonchev–Trinajstić information content (AvgIpc) is 2.80. The second-order valence-electron chi connectivity index (χ2n) is 7.60. The van der Waals surface area contributed by atoms with Crippen LogP contribution in [-0.4, -0.2) is 21.9 Å². The van der Waals surface area contributed by atoms with Crippen molar-refractivity contribution >= 4 is 34.5 Å². The Labute approximate surface area is 202 Å². The summed E-state index contributed by atoms with van der Waals surface area (Å²) in [4.78, 5) is 16.4. The van der Waals surface area contributed by atoms with Gasteiger partial charge < -0.3 is 22.1 Å². The van der Waals surface area contributed by atoms with Crippen molar-refractivity contribution in [1.82, 2.24) is 4.98 Å². The van der Waals surface area contributed by atoms with Gasteiger partial charge in [-0.3, -0.25) is 9.78 Å². The lowest BCUT2D eigenvalue weighted by Crippen LogP contribution is -2.37. The van der Waals surface area contributed by atoms with E-state index in [1.165, 1.54) is 12.1 Å². The van der Waals surface area contributed by atoms with Gasteiger partial charge in [0.15, 0.2) is 0 Å². The lowest BCUT2D eigenvalue weighted by molar-refractivity contribution is -0.118. The third-order valence-electron chi connectivity index (χ3n) is 4.92. The number of carbonyl (C=O) groups is 1. The molecule has 1 amide bonds. The molecule has 7 nitrogen and oxygen atoms in total. The number of thiocarbonyl (C=S) groups is 1. The minimum absolute atomic E-state index is 0.00922. The van der Waals surface area contributed by atoms with Crippen molar-refractivity contribution in [2.45, 2.75) is 19.4 Å². The molecule has 0 aliphatic rings. The zero-order chi connectivity index (χ0) is 24.7. The molecule has 172 valence electrons. The van der Waals surface area contributed by atoms with Crippen LogP contribution in [0.5, 0.6) is 0 Å². The fraction of sp³-hybridized carbons (Fsp3) is 0.120. The number of anilines is 2. The third kappa shape index (κ3) is 6.37. The number of carbonyl (C=O) groups excluding carboxylic acids is 1. The van der Waals surface area contributed by atoms with Crippen LogP contribution in [0.25, 0.3) is 11.1 Å². The topological polar surface area (TPSA) is 130 Å². The number of amides is 1. The molecule has 1 atom stereocenters. The van der Waals surface area contributed by atoms with Crippen LogP contribution < -0.4 is 22.1 Å². The van der Waals surface area contributed by atoms with E-state index in [1.807, 2.05) is 42.5 Å². The van der Waals surface area contributed by atoms with Crippen LogP contribution in [0.2, 0.25) is 0 Å². The Kier molecular flexibility index (Phi) is 7.90. The number of aromatic nitrogens is 1. The van der Waals surface area contributed by atoms with Crippen molar-refractivity contribution in [3.63, 3.8) is 0 Å². The first-order valence-corrected chi connectivity index (χ1v) is 10.7. The molecule has 0 saturated heterocycles. The van der Waals surface area contributed by atoms with Crippen molar-refractivity contribution in [3.8, 4) is 17.2 Å². The number of hydrogen-bond donors (Lipinski definition) is 4. The van der Waals surface area contributed by atoms with E-state index in [0.717, 1.165) is 22.8 Å². The van der Waals surface area contributed by atoms with Gasteiger partial charge in [0, 0.05) is 24.5 Å². The van der Waals surface area contributed by atoms with Crippen molar-refractivity contribution in [1.29, 1.82) is 5.26 Å². The monoisotopic (exact) mass is 474 g/mol. The Bertz CT molecular complexity index is 1270. The highest BCUT2D eigenvalue weighted by atomic mass is 32.1. The number of hydrogen-bond acceptors (Lipinski definition) is 6. The van der Waals surface area contributed by atoms with Gasteiger partial charge in [-0.2, -0.15) is 5.26 Å². The zero-order valence-electron chi connectivity index (χ0n) is 18.4. The van der Waals surface area contributed by atoms with Crippen LogP contribution >= 0.6 is 12.2 Å². The molecule has 1 aromatic heterocycles. The van der Waals surface area contributed by atoms with Crippen LogP contribution in [0.3, 0.4) is 0 Å². The lowest BCUT2D eigenvalue weighted by atomic mass is 10.0. The van der Waals surface area contributed by atoms with Crippen LogP contribution in [0, 0.1) is 17.1 Å². The summed E-state index contributed by atoms with van der Waals surface area (Å²) in [5, 5.41) is 15.1. The summed E-state index contributed by atoms with van der Waals surface area (Å²) in [6.45, 7) is 1.66. The maximum Gasteiger partial charge on any atom is 0.240 e. The fourth-order valence-electron chi connectivity index (χ4n) is 3.28. The smallest absolute Gasteiger partial charge is 0.240 e. The van der Waals surface area contributed by atoms with E-state index in [9.17, 15) is 14.4 Å². The lowest BCUT2D eigenvalue weighted by Gasteiger charge is -2.19. The highest BCUT2D eigenvalue weighted by Gasteiger charge is 2.19. The minimum atomic E-state index is -0.889. The summed E-state index contributed by atoms with van der Waals surface area (Å²) in [5.74, 6) is -1.34. The Balaban J connectivity index is 1.82. The van der Waals surface area contributed by atoms with Crippen molar-refractivity contribution in [2.75, 3.05) is 10.6 Å². The first kappa shape index (κ1) is 24.4. The number of pyridine rings is 1. The van der Waals surface area contributed by atoms with Gasteiger partial charge >= 0.3 is 0 Å². The first-order valence-electron chi connectivity index (χ1n) is 10.3. The predicted molar refractivity (Wildman–Crippen MR) is 135 cm³/mol. The summed E-state index contributed by atoms with van der Waals surface area (Å²) in [7, 11) is 0. The molecule has 34 heavy (non-hydrogen) atoms. The number of nitrogens with two attached hydrogens (primary N) is 2. The van der Waals surface area contributed by atoms with Crippen molar-refractivity contribution in [2.24, 2.45) is 11.5 Å². The molecule has 0 spiro atoms. The number of nitrogens with zero attached hydrogens (tertiary/aromatic N) is 2. The minimum Gasteiger partial charge on any atom is -0.402 e. The number of allylic oxidation sites excluding steroid dienone is 1. The third-order valence-corrected chi connectivity index (χ3v) is 5.14. The van der Waals surface area contributed by atoms with E-state index in [2.05, 4.69) is 15.6 Å². The molecule has 3 aromatic rings. The molecule has 6 N–H and O–H groups in total. The van der Waals surface area contributed by atoms with E-state index in [-0.39, 0.29) is 28.3 Å². The molecule has 0 radical (unpaired) electrons. The Morgan fingerprint density at radius 2 is 1.79 bits per heavy atom. The SMILES string of the molecule is CC(N)=CC(=S)Nc1cc(NC(Cc2ccc(-c3ccncc3)cc2)C(N)=O)c(F)cc1C#N. The van der Waals surface area contributed by atoms with E-state index in [1.54, 1.807) is 19.3 Å². The summed E-state index contributed by atoms with van der Waals surface area (Å²) in [6, 6.07) is 14.9. The Morgan fingerprint density at radius 1 is 1.15 bits per heavy atom. The van der Waals surface area contributed by atoms with Crippen LogP contribution in [0.1, 0.15) is 18.1 Å². The molecule has 9 heteroatoms. The summed E-state index contributed by atoms with van der Waals surface area (Å²) in [5.41, 5.74) is 14.9. The predicted octanol–water partition coefficient (Wildman–Crippen LogP) is 3.87. The van der Waals surface area contributed by atoms with Gasteiger partial charge in [0.25, 0.3) is 0 Å². The van der Waals surface area contributed by atoms with Crippen molar-refractivity contribution in [3.05, 3.63) is 89.6 Å². The molecule has 0 saturated carbocycles. The van der Waals surface area contributed by atoms with Crippen molar-refractivity contribution < 1.29 is 9.18 Å². The fourth-order valence-corrected chi connectivity index (χ4v) is 3.58. The average molecular weight is 475 g/mol. The number of nitrogens with one attached hydrogen (secondary N) is 2. The summed E-state index contributed by atoms with van der Waals surface area (Å²) < 4.78 is 14.7. The van der Waals surface area contributed by atoms with Gasteiger partial charge in [-0.05, 0) is 54.0 Å². The van der Waals surface area contributed by atoms with Gasteiger partial charge in [0.2, 0.25) is 5.91 Å². The first-order chi connectivity index (χ1) is 16.3. The number of nitriles is 1. The van der Waals surface area contributed by atoms with E-state index >= 15 is 0 Å². The summed E-state index contributed by atoms with van der Waals surface area (Å²) >= 11 is 5.19. The second kappa shape index (κ2) is 11.0.